The fourth-order valence-corrected chi connectivity index (χ4v) is 1.10. The Morgan fingerprint density at radius 1 is 1.44 bits per heavy atom. The van der Waals surface area contributed by atoms with Crippen LogP contribution in [0.2, 0.25) is 0 Å². The molecule has 0 aliphatic rings. The highest BCUT2D eigenvalue weighted by atomic mass is 16.7. The molecule has 0 heterocycles. The Kier molecular flexibility index (Phi) is 7.63. The standard InChI is InChI=1S/C6H16N10O2/c7-12-6(13-8)16(10)3-1-2-4(14-15-9)5(17)18-11/h4,7H,1-3,8,10-11H2,(H2,9,14)/t4-/m0/s1. The number of hydrazine groups is 1. The lowest BCUT2D eigenvalue weighted by Crippen LogP contribution is -2.38. The fraction of sp³-hybridized carbons (Fsp3) is 0.667. The van der Waals surface area contributed by atoms with Crippen LogP contribution in [-0.4, -0.2) is 29.5 Å². The van der Waals surface area contributed by atoms with E-state index in [0.717, 1.165) is 5.01 Å². The molecule has 18 heavy (non-hydrogen) atoms. The number of hydrogen-bond acceptors (Lipinski definition) is 9. The summed E-state index contributed by atoms with van der Waals surface area (Å²) in [5.74, 6) is 19.1. The maximum atomic E-state index is 11.1. The van der Waals surface area contributed by atoms with Gasteiger partial charge in [-0.3, -0.25) is 5.01 Å². The van der Waals surface area contributed by atoms with Crippen molar-refractivity contribution in [3.05, 3.63) is 0 Å². The summed E-state index contributed by atoms with van der Waals surface area (Å²) in [7, 11) is 0. The third-order valence-corrected chi connectivity index (χ3v) is 1.94. The van der Waals surface area contributed by atoms with Gasteiger partial charge in [0.05, 0.1) is 0 Å². The quantitative estimate of drug-likeness (QED) is 0.123. The average molecular weight is 260 g/mol. The van der Waals surface area contributed by atoms with Crippen LogP contribution in [0.25, 0.3) is 0 Å². The van der Waals surface area contributed by atoms with Crippen LogP contribution in [0, 0.1) is 5.53 Å². The molecule has 12 heteroatoms. The van der Waals surface area contributed by atoms with Crippen molar-refractivity contribution in [1.29, 1.82) is 5.53 Å². The normalized spacial score (nSPS) is 13.3. The Labute approximate surface area is 102 Å². The Morgan fingerprint density at radius 2 is 2.11 bits per heavy atom. The minimum atomic E-state index is -0.903. The van der Waals surface area contributed by atoms with Crippen LogP contribution in [0.1, 0.15) is 12.8 Å². The van der Waals surface area contributed by atoms with E-state index in [-0.39, 0.29) is 18.9 Å². The van der Waals surface area contributed by atoms with Gasteiger partial charge in [-0.1, -0.05) is 5.22 Å². The van der Waals surface area contributed by atoms with Crippen LogP contribution in [0.3, 0.4) is 0 Å². The first-order chi connectivity index (χ1) is 8.60. The smallest absolute Gasteiger partial charge is 0.351 e. The van der Waals surface area contributed by atoms with E-state index in [2.05, 4.69) is 25.4 Å². The fourth-order valence-electron chi connectivity index (χ4n) is 1.10. The van der Waals surface area contributed by atoms with Gasteiger partial charge in [0, 0.05) is 6.54 Å². The van der Waals surface area contributed by atoms with E-state index >= 15 is 0 Å². The number of hydrazone groups is 1. The zero-order valence-corrected chi connectivity index (χ0v) is 9.56. The largest absolute Gasteiger partial charge is 0.372 e. The van der Waals surface area contributed by atoms with Gasteiger partial charge in [0.25, 0.3) is 5.96 Å². The number of guanidine groups is 1. The molecular weight excluding hydrogens is 244 g/mol. The van der Waals surface area contributed by atoms with Gasteiger partial charge in [-0.25, -0.2) is 16.2 Å². The predicted octanol–water partition coefficient (Wildman–Crippen LogP) is -1.69. The van der Waals surface area contributed by atoms with Crippen LogP contribution in [-0.2, 0) is 9.63 Å². The van der Waals surface area contributed by atoms with Gasteiger partial charge in [-0.05, 0) is 12.8 Å². The molecule has 0 aromatic heterocycles. The molecule has 0 spiro atoms. The van der Waals surface area contributed by atoms with Gasteiger partial charge in [-0.15, -0.1) is 10.2 Å². The number of carbonyl (C=O) groups is 1. The van der Waals surface area contributed by atoms with Gasteiger partial charge >= 0.3 is 5.97 Å². The second-order valence-electron chi connectivity index (χ2n) is 3.06. The topological polar surface area (TPSA) is 207 Å². The van der Waals surface area contributed by atoms with E-state index in [4.69, 9.17) is 29.0 Å². The molecule has 0 aromatic carbocycles. The summed E-state index contributed by atoms with van der Waals surface area (Å²) in [6.07, 6.45) is 0.657. The Bertz CT molecular complexity index is 328. The molecule has 9 N–H and O–H groups in total. The molecule has 0 amide bonds. The third-order valence-electron chi connectivity index (χ3n) is 1.94. The summed E-state index contributed by atoms with van der Waals surface area (Å²) in [5.41, 5.74) is 6.73. The van der Waals surface area contributed by atoms with Crippen molar-refractivity contribution in [3.63, 3.8) is 0 Å². The summed E-state index contributed by atoms with van der Waals surface area (Å²) < 4.78 is 0. The molecule has 102 valence electrons. The highest BCUT2D eigenvalue weighted by Gasteiger charge is 2.19. The lowest BCUT2D eigenvalue weighted by atomic mass is 10.1. The highest BCUT2D eigenvalue weighted by Crippen LogP contribution is 2.05. The average Bonchev–Trinajstić information content (AvgIpc) is 2.38. The Morgan fingerprint density at radius 3 is 2.56 bits per heavy atom. The van der Waals surface area contributed by atoms with Crippen LogP contribution in [0.4, 0.5) is 0 Å². The molecular formula is C6H16N10O2. The lowest BCUT2D eigenvalue weighted by Gasteiger charge is -2.16. The minimum absolute atomic E-state index is 0.145. The van der Waals surface area contributed by atoms with E-state index in [0.29, 0.717) is 6.42 Å². The maximum absolute atomic E-state index is 11.1. The predicted molar refractivity (Wildman–Crippen MR) is 60.0 cm³/mol. The van der Waals surface area contributed by atoms with Crippen molar-refractivity contribution < 1.29 is 9.63 Å². The summed E-state index contributed by atoms with van der Waals surface area (Å²) >= 11 is 0. The van der Waals surface area contributed by atoms with Crippen molar-refractivity contribution in [1.82, 2.24) is 5.01 Å². The van der Waals surface area contributed by atoms with Crippen molar-refractivity contribution in [2.24, 2.45) is 44.0 Å². The minimum Gasteiger partial charge on any atom is -0.372 e. The van der Waals surface area contributed by atoms with Crippen LogP contribution in [0.5, 0.6) is 0 Å². The van der Waals surface area contributed by atoms with E-state index in [9.17, 15) is 4.79 Å². The second kappa shape index (κ2) is 8.77. The Balaban J connectivity index is 4.22. The summed E-state index contributed by atoms with van der Waals surface area (Å²) in [6.45, 7) is 0.243. The van der Waals surface area contributed by atoms with E-state index in [1.54, 1.807) is 0 Å². The van der Waals surface area contributed by atoms with Crippen LogP contribution >= 0.6 is 0 Å². The number of carbonyl (C=O) groups excluding carboxylic acids is 1. The number of nitrogens with two attached hydrogens (primary N) is 4. The molecule has 0 saturated heterocycles. The molecule has 0 aliphatic carbocycles. The molecule has 0 aliphatic heterocycles. The summed E-state index contributed by atoms with van der Waals surface area (Å²) in [4.78, 5) is 15.2. The molecule has 1 atom stereocenters. The number of nitrogens with zero attached hydrogens (tertiary/aromatic N) is 5. The van der Waals surface area contributed by atoms with Gasteiger partial charge < -0.3 is 16.5 Å². The molecule has 0 radical (unpaired) electrons. The monoisotopic (exact) mass is 260 g/mol. The highest BCUT2D eigenvalue weighted by molar-refractivity contribution is 5.79. The van der Waals surface area contributed by atoms with Crippen molar-refractivity contribution in [2.75, 3.05) is 6.54 Å². The van der Waals surface area contributed by atoms with Crippen molar-refractivity contribution >= 4 is 11.9 Å². The molecule has 0 rings (SSSR count). The first-order valence-electron chi connectivity index (χ1n) is 4.78. The zero-order chi connectivity index (χ0) is 14.0. The SMILES string of the molecule is N=NC(=NN)N(N)CCC[C@H](N=NN)C(=O)ON. The second-order valence-corrected chi connectivity index (χ2v) is 3.06. The van der Waals surface area contributed by atoms with Crippen LogP contribution < -0.4 is 23.4 Å². The van der Waals surface area contributed by atoms with Gasteiger partial charge in [0.15, 0.2) is 6.04 Å². The van der Waals surface area contributed by atoms with E-state index in [1.807, 2.05) is 0 Å². The van der Waals surface area contributed by atoms with Crippen LogP contribution in [0.15, 0.2) is 20.6 Å². The molecule has 0 aromatic rings. The van der Waals surface area contributed by atoms with Crippen molar-refractivity contribution in [2.45, 2.75) is 18.9 Å². The molecule has 12 nitrogen and oxygen atoms in total. The molecule has 0 bridgehead atoms. The number of rotatable bonds is 6. The Hall–Kier alpha value is -2.34. The van der Waals surface area contributed by atoms with E-state index in [1.165, 1.54) is 0 Å². The van der Waals surface area contributed by atoms with Crippen molar-refractivity contribution in [3.8, 4) is 0 Å². The van der Waals surface area contributed by atoms with E-state index < -0.39 is 12.0 Å². The third kappa shape index (κ3) is 5.13. The lowest BCUT2D eigenvalue weighted by molar-refractivity contribution is -0.146. The molecule has 0 fully saturated rings. The molecule has 0 saturated carbocycles. The molecule has 0 unspecified atom stereocenters. The van der Waals surface area contributed by atoms with Gasteiger partial charge in [0.1, 0.15) is 0 Å². The zero-order valence-electron chi connectivity index (χ0n) is 9.56. The summed E-state index contributed by atoms with van der Waals surface area (Å²) in [5, 5.41) is 13.7. The summed E-state index contributed by atoms with van der Waals surface area (Å²) in [6, 6.07) is -0.903. The number of nitrogens with one attached hydrogen (secondary N) is 1. The van der Waals surface area contributed by atoms with Gasteiger partial charge in [-0.2, -0.15) is 11.0 Å². The first-order valence-corrected chi connectivity index (χ1v) is 4.78. The van der Waals surface area contributed by atoms with Gasteiger partial charge in [0.2, 0.25) is 0 Å². The first kappa shape index (κ1) is 15.7. The number of hydrogen-bond donors (Lipinski definition) is 5. The maximum Gasteiger partial charge on any atom is 0.351 e.